The quantitative estimate of drug-likeness (QED) is 0.644. The molecule has 4 nitrogen and oxygen atoms in total. The summed E-state index contributed by atoms with van der Waals surface area (Å²) in [7, 11) is 0. The second-order valence-corrected chi connectivity index (χ2v) is 3.34. The highest BCUT2D eigenvalue weighted by molar-refractivity contribution is 6.01. The number of alkyl halides is 1. The fraction of sp³-hybridized carbons (Fsp3) is 0.750. The molecule has 0 aromatic heterocycles. The van der Waals surface area contributed by atoms with Crippen molar-refractivity contribution in [3.05, 3.63) is 0 Å². The molecule has 0 rings (SSSR count). The molecule has 2 N–H and O–H groups in total. The number of carboxylic acid groups (broad SMARTS) is 2. The van der Waals surface area contributed by atoms with Gasteiger partial charge in [-0.1, -0.05) is 13.8 Å². The molecule has 0 aromatic rings. The third kappa shape index (κ3) is 3.01. The number of hydrogen-bond acceptors (Lipinski definition) is 2. The summed E-state index contributed by atoms with van der Waals surface area (Å²) in [6, 6.07) is 0. The Kier molecular flexibility index (Phi) is 3.84. The molecular formula is C8H13FO4. The maximum Gasteiger partial charge on any atom is 0.353 e. The molecular weight excluding hydrogens is 179 g/mol. The van der Waals surface area contributed by atoms with Gasteiger partial charge in [0.1, 0.15) is 0 Å². The smallest absolute Gasteiger partial charge is 0.353 e. The average Bonchev–Trinajstić information content (AvgIpc) is 1.99. The Bertz CT molecular complexity index is 198. The Balaban J connectivity index is 4.44. The summed E-state index contributed by atoms with van der Waals surface area (Å²) in [6.45, 7) is 3.54. The van der Waals surface area contributed by atoms with Crippen LogP contribution in [0.25, 0.3) is 0 Å². The summed E-state index contributed by atoms with van der Waals surface area (Å²) in [4.78, 5) is 20.6. The van der Waals surface area contributed by atoms with E-state index in [2.05, 4.69) is 0 Å². The van der Waals surface area contributed by atoms with E-state index in [4.69, 9.17) is 10.2 Å². The van der Waals surface area contributed by atoms with Gasteiger partial charge in [0.05, 0.1) is 0 Å². The molecule has 0 aliphatic rings. The molecule has 0 amide bonds. The molecule has 13 heavy (non-hydrogen) atoms. The topological polar surface area (TPSA) is 74.6 Å². The monoisotopic (exact) mass is 192 g/mol. The predicted molar refractivity (Wildman–Crippen MR) is 43.2 cm³/mol. The van der Waals surface area contributed by atoms with Crippen LogP contribution >= 0.6 is 0 Å². The van der Waals surface area contributed by atoms with E-state index in [9.17, 15) is 14.0 Å². The number of carbonyl (C=O) groups is 2. The Morgan fingerprint density at radius 2 is 1.69 bits per heavy atom. The van der Waals surface area contributed by atoms with Crippen molar-refractivity contribution in [2.75, 3.05) is 0 Å². The van der Waals surface area contributed by atoms with Crippen molar-refractivity contribution in [3.8, 4) is 0 Å². The second kappa shape index (κ2) is 4.20. The van der Waals surface area contributed by atoms with Gasteiger partial charge in [-0.3, -0.25) is 0 Å². The lowest BCUT2D eigenvalue weighted by Gasteiger charge is -2.16. The normalized spacial score (nSPS) is 11.7. The zero-order chi connectivity index (χ0) is 10.6. The van der Waals surface area contributed by atoms with Gasteiger partial charge in [-0.15, -0.1) is 0 Å². The highest BCUT2D eigenvalue weighted by Crippen LogP contribution is 2.22. The first kappa shape index (κ1) is 11.9. The van der Waals surface area contributed by atoms with Crippen molar-refractivity contribution in [3.63, 3.8) is 0 Å². The van der Waals surface area contributed by atoms with Crippen LogP contribution in [-0.2, 0) is 9.59 Å². The molecule has 0 aromatic carbocycles. The van der Waals surface area contributed by atoms with E-state index in [-0.39, 0.29) is 12.3 Å². The number of hydrogen-bond donors (Lipinski definition) is 2. The standard InChI is InChI=1S/C8H13FO4/c1-5(2)3-4-8(9,6(10)11)7(12)13/h5H,3-4H2,1-2H3,(H,10,11)(H,12,13). The third-order valence-corrected chi connectivity index (χ3v) is 1.74. The molecule has 0 atom stereocenters. The van der Waals surface area contributed by atoms with E-state index >= 15 is 0 Å². The zero-order valence-corrected chi connectivity index (χ0v) is 7.58. The second-order valence-electron chi connectivity index (χ2n) is 3.34. The average molecular weight is 192 g/mol. The van der Waals surface area contributed by atoms with Crippen LogP contribution in [0.1, 0.15) is 26.7 Å². The number of carboxylic acids is 2. The molecule has 0 saturated heterocycles. The fourth-order valence-corrected chi connectivity index (χ4v) is 0.793. The van der Waals surface area contributed by atoms with Crippen LogP contribution < -0.4 is 0 Å². The van der Waals surface area contributed by atoms with Gasteiger partial charge in [0.25, 0.3) is 0 Å². The maximum absolute atomic E-state index is 13.2. The molecule has 0 radical (unpaired) electrons. The molecule has 0 fully saturated rings. The first-order chi connectivity index (χ1) is 5.80. The number of halogens is 1. The van der Waals surface area contributed by atoms with Crippen LogP contribution in [0.15, 0.2) is 0 Å². The lowest BCUT2D eigenvalue weighted by Crippen LogP contribution is -2.42. The first-order valence-electron chi connectivity index (χ1n) is 3.96. The van der Waals surface area contributed by atoms with Crippen LogP contribution in [0.2, 0.25) is 0 Å². The van der Waals surface area contributed by atoms with E-state index in [1.165, 1.54) is 0 Å². The van der Waals surface area contributed by atoms with Crippen molar-refractivity contribution in [1.29, 1.82) is 0 Å². The lowest BCUT2D eigenvalue weighted by atomic mass is 9.95. The van der Waals surface area contributed by atoms with Gasteiger partial charge in [-0.25, -0.2) is 14.0 Å². The van der Waals surface area contributed by atoms with Crippen molar-refractivity contribution in [2.24, 2.45) is 5.92 Å². The van der Waals surface area contributed by atoms with Gasteiger partial charge in [0, 0.05) is 6.42 Å². The van der Waals surface area contributed by atoms with Gasteiger partial charge < -0.3 is 10.2 Å². The van der Waals surface area contributed by atoms with Gasteiger partial charge in [-0.05, 0) is 12.3 Å². The Morgan fingerprint density at radius 1 is 1.31 bits per heavy atom. The number of rotatable bonds is 5. The van der Waals surface area contributed by atoms with Crippen molar-refractivity contribution >= 4 is 11.9 Å². The van der Waals surface area contributed by atoms with Crippen LogP contribution in [0.4, 0.5) is 4.39 Å². The minimum absolute atomic E-state index is 0.0776. The van der Waals surface area contributed by atoms with Crippen molar-refractivity contribution in [1.82, 2.24) is 0 Å². The maximum atomic E-state index is 13.2. The summed E-state index contributed by atoms with van der Waals surface area (Å²) < 4.78 is 13.2. The van der Waals surface area contributed by atoms with E-state index in [0.717, 1.165) is 0 Å². The van der Waals surface area contributed by atoms with E-state index in [1.54, 1.807) is 13.8 Å². The molecule has 0 bridgehead atoms. The lowest BCUT2D eigenvalue weighted by molar-refractivity contribution is -0.167. The molecule has 5 heteroatoms. The minimum Gasteiger partial charge on any atom is -0.478 e. The Hall–Kier alpha value is -1.13. The molecule has 0 spiro atoms. The highest BCUT2D eigenvalue weighted by atomic mass is 19.1. The SMILES string of the molecule is CC(C)CCC(F)(C(=O)O)C(=O)O. The predicted octanol–water partition coefficient (Wildman–Crippen LogP) is 1.30. The molecule has 0 aliphatic heterocycles. The summed E-state index contributed by atoms with van der Waals surface area (Å²) in [5, 5.41) is 16.7. The molecule has 76 valence electrons. The Morgan fingerprint density at radius 3 is 1.92 bits per heavy atom. The Labute approximate surface area is 75.4 Å². The zero-order valence-electron chi connectivity index (χ0n) is 7.58. The van der Waals surface area contributed by atoms with E-state index in [0.29, 0.717) is 0 Å². The molecule has 0 aliphatic carbocycles. The minimum atomic E-state index is -3.13. The summed E-state index contributed by atoms with van der Waals surface area (Å²) >= 11 is 0. The summed E-state index contributed by atoms with van der Waals surface area (Å²) in [5.74, 6) is -3.78. The molecule has 0 unspecified atom stereocenters. The highest BCUT2D eigenvalue weighted by Gasteiger charge is 2.46. The summed E-state index contributed by atoms with van der Waals surface area (Å²) in [5.41, 5.74) is -3.13. The number of aliphatic carboxylic acids is 2. The van der Waals surface area contributed by atoms with Gasteiger partial charge in [-0.2, -0.15) is 0 Å². The van der Waals surface area contributed by atoms with Crippen LogP contribution in [0.5, 0.6) is 0 Å². The van der Waals surface area contributed by atoms with Crippen LogP contribution in [-0.4, -0.2) is 27.8 Å². The summed E-state index contributed by atoms with van der Waals surface area (Å²) in [6.07, 6.45) is -0.259. The van der Waals surface area contributed by atoms with E-state index in [1.807, 2.05) is 0 Å². The van der Waals surface area contributed by atoms with Crippen LogP contribution in [0, 0.1) is 5.92 Å². The van der Waals surface area contributed by atoms with Gasteiger partial charge in [0.2, 0.25) is 0 Å². The largest absolute Gasteiger partial charge is 0.478 e. The van der Waals surface area contributed by atoms with E-state index < -0.39 is 24.0 Å². The van der Waals surface area contributed by atoms with Gasteiger partial charge >= 0.3 is 17.6 Å². The first-order valence-corrected chi connectivity index (χ1v) is 3.96. The van der Waals surface area contributed by atoms with Crippen molar-refractivity contribution < 1.29 is 24.2 Å². The molecule has 0 saturated carbocycles. The fourth-order valence-electron chi connectivity index (χ4n) is 0.793. The van der Waals surface area contributed by atoms with Crippen molar-refractivity contribution in [2.45, 2.75) is 32.4 Å². The molecule has 0 heterocycles. The van der Waals surface area contributed by atoms with Crippen LogP contribution in [0.3, 0.4) is 0 Å². The van der Waals surface area contributed by atoms with Gasteiger partial charge in [0.15, 0.2) is 0 Å². The third-order valence-electron chi connectivity index (χ3n) is 1.74.